The highest BCUT2D eigenvalue weighted by Gasteiger charge is 2.22. The van der Waals surface area contributed by atoms with Gasteiger partial charge in [-0.15, -0.1) is 0 Å². The molecule has 7 nitrogen and oxygen atoms in total. The Labute approximate surface area is 213 Å². The van der Waals surface area contributed by atoms with Gasteiger partial charge >= 0.3 is 0 Å². The molecule has 1 N–H and O–H groups in total. The maximum Gasteiger partial charge on any atom is 0.282 e. The van der Waals surface area contributed by atoms with Gasteiger partial charge in [-0.05, 0) is 60.9 Å². The third-order valence-corrected chi connectivity index (χ3v) is 6.41. The highest BCUT2D eigenvalue weighted by molar-refractivity contribution is 5.91. The molecule has 1 aromatic heterocycles. The molecule has 37 heavy (non-hydrogen) atoms. The molecule has 0 unspecified atom stereocenters. The van der Waals surface area contributed by atoms with E-state index in [-0.39, 0.29) is 18.1 Å². The molecule has 0 saturated heterocycles. The van der Waals surface area contributed by atoms with Crippen LogP contribution in [0.2, 0.25) is 0 Å². The predicted octanol–water partition coefficient (Wildman–Crippen LogP) is 5.48. The molecule has 1 heterocycles. The van der Waals surface area contributed by atoms with Crippen molar-refractivity contribution in [1.29, 1.82) is 0 Å². The number of carbonyl (C=O) groups is 1. The maximum atomic E-state index is 13.3. The molecule has 0 bridgehead atoms. The summed E-state index contributed by atoms with van der Waals surface area (Å²) in [6.07, 6.45) is 7.00. The first kappa shape index (κ1) is 24.4. The van der Waals surface area contributed by atoms with Crippen LogP contribution < -0.4 is 15.6 Å². The van der Waals surface area contributed by atoms with Crippen LogP contribution >= 0.6 is 0 Å². The number of halogens is 1. The van der Waals surface area contributed by atoms with E-state index in [4.69, 9.17) is 9.72 Å². The van der Waals surface area contributed by atoms with E-state index in [1.54, 1.807) is 36.5 Å². The molecule has 3 aromatic carbocycles. The summed E-state index contributed by atoms with van der Waals surface area (Å²) in [5, 5.41) is 7.67. The minimum Gasteiger partial charge on any atom is -0.484 e. The number of nitrogens with one attached hydrogen (secondary N) is 1. The first-order valence-electron chi connectivity index (χ1n) is 12.4. The Kier molecular flexibility index (Phi) is 7.35. The van der Waals surface area contributed by atoms with E-state index in [2.05, 4.69) is 10.4 Å². The van der Waals surface area contributed by atoms with Gasteiger partial charge in [-0.2, -0.15) is 9.78 Å². The molecule has 1 fully saturated rings. The molecule has 0 radical (unpaired) electrons. The summed E-state index contributed by atoms with van der Waals surface area (Å²) in [7, 11) is 0. The van der Waals surface area contributed by atoms with Crippen molar-refractivity contribution in [2.45, 2.75) is 38.0 Å². The van der Waals surface area contributed by atoms with Crippen LogP contribution in [0.5, 0.6) is 5.75 Å². The zero-order chi connectivity index (χ0) is 25.6. The van der Waals surface area contributed by atoms with Gasteiger partial charge < -0.3 is 10.1 Å². The Hall–Kier alpha value is -4.33. The first-order chi connectivity index (χ1) is 18.1. The van der Waals surface area contributed by atoms with Gasteiger partial charge in [0, 0.05) is 11.6 Å². The lowest BCUT2D eigenvalue weighted by atomic mass is 9.88. The molecule has 1 aliphatic rings. The van der Waals surface area contributed by atoms with Crippen LogP contribution in [-0.4, -0.2) is 28.4 Å². The standard InChI is InChI=1S/C29H27FN4O3/c30-22-11-7-12-23(17-22)32-27(35)19-37-24-13-6-8-20(16-24)18-31-34-28(21-9-2-1-3-10-21)33-26-15-5-4-14-25(26)29(34)36/h4-8,11-18,21H,1-3,9-10,19H2,(H,32,35). The lowest BCUT2D eigenvalue weighted by Gasteiger charge is -2.22. The van der Waals surface area contributed by atoms with Crippen molar-refractivity contribution in [3.63, 3.8) is 0 Å². The number of ether oxygens (including phenoxy) is 1. The van der Waals surface area contributed by atoms with Crippen LogP contribution in [0.25, 0.3) is 10.9 Å². The first-order valence-corrected chi connectivity index (χ1v) is 12.4. The van der Waals surface area contributed by atoms with Crippen molar-refractivity contribution in [2.75, 3.05) is 11.9 Å². The lowest BCUT2D eigenvalue weighted by Crippen LogP contribution is -2.25. The molecular weight excluding hydrogens is 471 g/mol. The van der Waals surface area contributed by atoms with E-state index < -0.39 is 11.7 Å². The quantitative estimate of drug-likeness (QED) is 0.342. The number of aromatic nitrogens is 2. The van der Waals surface area contributed by atoms with Crippen molar-refractivity contribution < 1.29 is 13.9 Å². The molecule has 0 atom stereocenters. The van der Waals surface area contributed by atoms with Gasteiger partial charge in [0.05, 0.1) is 17.1 Å². The molecule has 8 heteroatoms. The van der Waals surface area contributed by atoms with E-state index >= 15 is 0 Å². The monoisotopic (exact) mass is 498 g/mol. The second-order valence-electron chi connectivity index (χ2n) is 9.10. The summed E-state index contributed by atoms with van der Waals surface area (Å²) in [5.74, 6) is 0.513. The van der Waals surface area contributed by atoms with Crippen molar-refractivity contribution in [1.82, 2.24) is 9.66 Å². The molecule has 1 saturated carbocycles. The number of amides is 1. The van der Waals surface area contributed by atoms with Gasteiger partial charge in [0.2, 0.25) is 0 Å². The van der Waals surface area contributed by atoms with Gasteiger partial charge in [-0.25, -0.2) is 9.37 Å². The molecular formula is C29H27FN4O3. The van der Waals surface area contributed by atoms with E-state index in [0.29, 0.717) is 33.7 Å². The summed E-state index contributed by atoms with van der Waals surface area (Å²) in [6, 6.07) is 20.1. The third-order valence-electron chi connectivity index (χ3n) is 6.41. The third kappa shape index (κ3) is 5.91. The predicted molar refractivity (Wildman–Crippen MR) is 142 cm³/mol. The average molecular weight is 499 g/mol. The molecule has 0 spiro atoms. The molecule has 5 rings (SSSR count). The van der Waals surface area contributed by atoms with Gasteiger partial charge in [0.25, 0.3) is 11.5 Å². The van der Waals surface area contributed by atoms with Crippen molar-refractivity contribution in [3.05, 3.63) is 100 Å². The summed E-state index contributed by atoms with van der Waals surface area (Å²) in [6.45, 7) is -0.239. The number of fused-ring (bicyclic) bond motifs is 1. The zero-order valence-electron chi connectivity index (χ0n) is 20.3. The number of hydrogen-bond acceptors (Lipinski definition) is 5. The second-order valence-corrected chi connectivity index (χ2v) is 9.10. The molecule has 0 aliphatic heterocycles. The summed E-state index contributed by atoms with van der Waals surface area (Å²) in [4.78, 5) is 30.4. The van der Waals surface area contributed by atoms with Crippen LogP contribution in [0.15, 0.2) is 82.7 Å². The molecule has 1 aliphatic carbocycles. The largest absolute Gasteiger partial charge is 0.484 e. The lowest BCUT2D eigenvalue weighted by molar-refractivity contribution is -0.118. The number of hydrogen-bond donors (Lipinski definition) is 1. The van der Waals surface area contributed by atoms with Crippen LogP contribution in [0.4, 0.5) is 10.1 Å². The van der Waals surface area contributed by atoms with E-state index in [1.165, 1.54) is 29.3 Å². The van der Waals surface area contributed by atoms with Crippen molar-refractivity contribution >= 4 is 28.7 Å². The Balaban J connectivity index is 1.35. The maximum absolute atomic E-state index is 13.3. The Bertz CT molecular complexity index is 1510. The fourth-order valence-corrected chi connectivity index (χ4v) is 4.60. The van der Waals surface area contributed by atoms with Gasteiger partial charge in [-0.1, -0.05) is 49.6 Å². The zero-order valence-corrected chi connectivity index (χ0v) is 20.3. The minimum atomic E-state index is -0.432. The molecule has 4 aromatic rings. The van der Waals surface area contributed by atoms with Crippen molar-refractivity contribution in [3.8, 4) is 5.75 Å². The number of rotatable bonds is 7. The Morgan fingerprint density at radius 3 is 2.70 bits per heavy atom. The smallest absolute Gasteiger partial charge is 0.282 e. The average Bonchev–Trinajstić information content (AvgIpc) is 2.92. The van der Waals surface area contributed by atoms with Crippen LogP contribution in [0.3, 0.4) is 0 Å². The fourth-order valence-electron chi connectivity index (χ4n) is 4.60. The topological polar surface area (TPSA) is 85.6 Å². The number of benzene rings is 3. The van der Waals surface area contributed by atoms with E-state index in [1.807, 2.05) is 24.3 Å². The van der Waals surface area contributed by atoms with Crippen LogP contribution in [0, 0.1) is 5.82 Å². The fraction of sp³-hybridized carbons (Fsp3) is 0.241. The number of carbonyl (C=O) groups excluding carboxylic acids is 1. The highest BCUT2D eigenvalue weighted by atomic mass is 19.1. The second kappa shape index (κ2) is 11.2. The van der Waals surface area contributed by atoms with Gasteiger partial charge in [0.15, 0.2) is 6.61 Å². The molecule has 1 amide bonds. The number of para-hydroxylation sites is 1. The summed E-state index contributed by atoms with van der Waals surface area (Å²) in [5.41, 5.74) is 1.56. The normalized spacial score (nSPS) is 14.2. The van der Waals surface area contributed by atoms with Gasteiger partial charge in [-0.3, -0.25) is 9.59 Å². The number of anilines is 1. The van der Waals surface area contributed by atoms with E-state index in [9.17, 15) is 14.0 Å². The van der Waals surface area contributed by atoms with Crippen LogP contribution in [0.1, 0.15) is 49.4 Å². The summed E-state index contributed by atoms with van der Waals surface area (Å²) < 4.78 is 20.4. The van der Waals surface area contributed by atoms with Crippen LogP contribution in [-0.2, 0) is 4.79 Å². The molecule has 188 valence electrons. The number of nitrogens with zero attached hydrogens (tertiary/aromatic N) is 3. The Morgan fingerprint density at radius 1 is 1.05 bits per heavy atom. The van der Waals surface area contributed by atoms with Gasteiger partial charge in [0.1, 0.15) is 17.4 Å². The van der Waals surface area contributed by atoms with Crippen molar-refractivity contribution in [2.24, 2.45) is 5.10 Å². The minimum absolute atomic E-state index is 0.189. The Morgan fingerprint density at radius 2 is 1.86 bits per heavy atom. The highest BCUT2D eigenvalue weighted by Crippen LogP contribution is 2.31. The summed E-state index contributed by atoms with van der Waals surface area (Å²) >= 11 is 0. The van der Waals surface area contributed by atoms with E-state index in [0.717, 1.165) is 25.7 Å². The SMILES string of the molecule is O=C(COc1cccc(C=Nn2c(C3CCCCC3)nc3ccccc3c2=O)c1)Nc1cccc(F)c1.